The summed E-state index contributed by atoms with van der Waals surface area (Å²) < 4.78 is 0. The second-order valence-corrected chi connectivity index (χ2v) is 5.05. The molecule has 1 amide bonds. The zero-order chi connectivity index (χ0) is 14.5. The molecule has 2 aromatic carbocycles. The highest BCUT2D eigenvalue weighted by atomic mass is 35.5. The van der Waals surface area contributed by atoms with Crippen molar-refractivity contribution in [1.82, 2.24) is 4.90 Å². The topological polar surface area (TPSA) is 32.3 Å². The van der Waals surface area contributed by atoms with Crippen LogP contribution in [-0.2, 0) is 6.54 Å². The van der Waals surface area contributed by atoms with Gasteiger partial charge in [0.1, 0.15) is 0 Å². The summed E-state index contributed by atoms with van der Waals surface area (Å²) in [5, 5.41) is 3.73. The van der Waals surface area contributed by atoms with E-state index in [1.807, 2.05) is 55.6 Å². The van der Waals surface area contributed by atoms with Crippen LogP contribution >= 0.6 is 11.6 Å². The number of nitrogens with zero attached hydrogens (tertiary/aromatic N) is 1. The number of hydrogen-bond donors (Lipinski definition) is 1. The van der Waals surface area contributed by atoms with Crippen LogP contribution in [0.2, 0.25) is 5.02 Å². The first-order valence-electron chi connectivity index (χ1n) is 6.38. The summed E-state index contributed by atoms with van der Waals surface area (Å²) in [6, 6.07) is 15.0. The molecule has 0 unspecified atom stereocenters. The second-order valence-electron chi connectivity index (χ2n) is 4.62. The predicted molar refractivity (Wildman–Crippen MR) is 83.2 cm³/mol. The Labute approximate surface area is 124 Å². The molecule has 0 aliphatic rings. The number of nitrogens with one attached hydrogen (secondary N) is 1. The Bertz CT molecular complexity index is 578. The largest absolute Gasteiger partial charge is 0.388 e. The highest BCUT2D eigenvalue weighted by molar-refractivity contribution is 6.30. The molecule has 1 N–H and O–H groups in total. The van der Waals surface area contributed by atoms with Crippen LogP contribution in [0, 0.1) is 0 Å². The molecule has 0 bridgehead atoms. The van der Waals surface area contributed by atoms with Crippen molar-refractivity contribution in [3.8, 4) is 0 Å². The number of carbonyl (C=O) groups is 1. The minimum absolute atomic E-state index is 0.00241. The molecular formula is C16H17ClN2O. The Hall–Kier alpha value is -2.00. The smallest absolute Gasteiger partial charge is 0.253 e. The molecule has 0 atom stereocenters. The lowest BCUT2D eigenvalue weighted by atomic mass is 10.1. The number of halogens is 1. The third-order valence-corrected chi connectivity index (χ3v) is 3.35. The number of amides is 1. The maximum absolute atomic E-state index is 12.3. The molecule has 2 aromatic rings. The fraction of sp³-hybridized carbons (Fsp3) is 0.188. The fourth-order valence-corrected chi connectivity index (χ4v) is 2.06. The van der Waals surface area contributed by atoms with Crippen LogP contribution in [0.25, 0.3) is 0 Å². The number of carbonyl (C=O) groups excluding carboxylic acids is 1. The highest BCUT2D eigenvalue weighted by Crippen LogP contribution is 2.14. The van der Waals surface area contributed by atoms with Crippen molar-refractivity contribution in [2.45, 2.75) is 6.54 Å². The van der Waals surface area contributed by atoms with Crippen molar-refractivity contribution in [3.05, 3.63) is 64.7 Å². The van der Waals surface area contributed by atoms with Crippen LogP contribution in [-0.4, -0.2) is 24.9 Å². The second kappa shape index (κ2) is 6.44. The fourth-order valence-electron chi connectivity index (χ4n) is 1.94. The van der Waals surface area contributed by atoms with E-state index < -0.39 is 0 Å². The summed E-state index contributed by atoms with van der Waals surface area (Å²) in [5.74, 6) is 0.00241. The molecule has 2 rings (SSSR count). The van der Waals surface area contributed by atoms with Gasteiger partial charge < -0.3 is 10.2 Å². The normalized spacial score (nSPS) is 10.2. The van der Waals surface area contributed by atoms with Gasteiger partial charge in [0.05, 0.1) is 0 Å². The number of hydrogen-bond acceptors (Lipinski definition) is 2. The lowest BCUT2D eigenvalue weighted by Gasteiger charge is -2.17. The summed E-state index contributed by atoms with van der Waals surface area (Å²) >= 11 is 5.85. The molecule has 0 aliphatic carbocycles. The molecule has 0 aromatic heterocycles. The first-order chi connectivity index (χ1) is 9.60. The van der Waals surface area contributed by atoms with E-state index >= 15 is 0 Å². The Balaban J connectivity index is 2.05. The first kappa shape index (κ1) is 14.4. The predicted octanol–water partition coefficient (Wildman–Crippen LogP) is 3.65. The number of anilines is 1. The van der Waals surface area contributed by atoms with E-state index in [1.165, 1.54) is 0 Å². The molecule has 0 heterocycles. The molecule has 20 heavy (non-hydrogen) atoms. The van der Waals surface area contributed by atoms with E-state index in [2.05, 4.69) is 5.32 Å². The van der Waals surface area contributed by atoms with Crippen LogP contribution in [0.3, 0.4) is 0 Å². The summed E-state index contributed by atoms with van der Waals surface area (Å²) in [4.78, 5) is 14.0. The van der Waals surface area contributed by atoms with Crippen LogP contribution < -0.4 is 5.32 Å². The quantitative estimate of drug-likeness (QED) is 0.931. The lowest BCUT2D eigenvalue weighted by Crippen LogP contribution is -2.26. The third kappa shape index (κ3) is 3.52. The molecule has 0 spiro atoms. The average Bonchev–Trinajstić information content (AvgIpc) is 2.49. The maximum Gasteiger partial charge on any atom is 0.253 e. The average molecular weight is 289 g/mol. The van der Waals surface area contributed by atoms with E-state index in [0.29, 0.717) is 17.1 Å². The lowest BCUT2D eigenvalue weighted by molar-refractivity contribution is 0.0785. The summed E-state index contributed by atoms with van der Waals surface area (Å²) in [7, 11) is 3.65. The minimum atomic E-state index is 0.00241. The molecule has 104 valence electrons. The van der Waals surface area contributed by atoms with Crippen molar-refractivity contribution in [1.29, 1.82) is 0 Å². The van der Waals surface area contributed by atoms with E-state index in [1.54, 1.807) is 11.9 Å². The van der Waals surface area contributed by atoms with Gasteiger partial charge in [-0.05, 0) is 42.0 Å². The maximum atomic E-state index is 12.3. The van der Waals surface area contributed by atoms with Crippen molar-refractivity contribution < 1.29 is 4.79 Å². The summed E-state index contributed by atoms with van der Waals surface area (Å²) in [6.45, 7) is 0.559. The Morgan fingerprint density at radius 2 is 1.70 bits per heavy atom. The molecule has 4 heteroatoms. The van der Waals surface area contributed by atoms with Gasteiger partial charge in [-0.2, -0.15) is 0 Å². The third-order valence-electron chi connectivity index (χ3n) is 3.10. The SMILES string of the molecule is CNc1ccc(C(=O)N(C)Cc2ccc(Cl)cc2)cc1. The van der Waals surface area contributed by atoms with Crippen molar-refractivity contribution >= 4 is 23.2 Å². The molecule has 0 saturated carbocycles. The Morgan fingerprint density at radius 1 is 1.10 bits per heavy atom. The van der Waals surface area contributed by atoms with Crippen molar-refractivity contribution in [2.24, 2.45) is 0 Å². The van der Waals surface area contributed by atoms with Crippen LogP contribution in [0.4, 0.5) is 5.69 Å². The Kier molecular flexibility index (Phi) is 4.64. The zero-order valence-electron chi connectivity index (χ0n) is 11.6. The number of rotatable bonds is 4. The van der Waals surface area contributed by atoms with Gasteiger partial charge in [-0.3, -0.25) is 4.79 Å². The standard InChI is InChI=1S/C16H17ClN2O/c1-18-15-9-5-13(6-10-15)16(20)19(2)11-12-3-7-14(17)8-4-12/h3-10,18H,11H2,1-2H3. The van der Waals surface area contributed by atoms with E-state index in [-0.39, 0.29) is 5.91 Å². The van der Waals surface area contributed by atoms with Gasteiger partial charge in [-0.1, -0.05) is 23.7 Å². The van der Waals surface area contributed by atoms with E-state index in [4.69, 9.17) is 11.6 Å². The molecule has 3 nitrogen and oxygen atoms in total. The molecule has 0 fully saturated rings. The van der Waals surface area contributed by atoms with E-state index in [0.717, 1.165) is 11.3 Å². The zero-order valence-corrected chi connectivity index (χ0v) is 12.3. The van der Waals surface area contributed by atoms with Crippen LogP contribution in [0.5, 0.6) is 0 Å². The molecule has 0 saturated heterocycles. The molecule has 0 aliphatic heterocycles. The summed E-state index contributed by atoms with van der Waals surface area (Å²) in [5.41, 5.74) is 2.72. The van der Waals surface area contributed by atoms with E-state index in [9.17, 15) is 4.79 Å². The molecular weight excluding hydrogens is 272 g/mol. The highest BCUT2D eigenvalue weighted by Gasteiger charge is 2.11. The minimum Gasteiger partial charge on any atom is -0.388 e. The van der Waals surface area contributed by atoms with Gasteiger partial charge in [0.15, 0.2) is 0 Å². The van der Waals surface area contributed by atoms with Crippen LogP contribution in [0.1, 0.15) is 15.9 Å². The first-order valence-corrected chi connectivity index (χ1v) is 6.75. The Morgan fingerprint density at radius 3 is 2.25 bits per heavy atom. The number of benzene rings is 2. The van der Waals surface area contributed by atoms with Gasteiger partial charge in [-0.15, -0.1) is 0 Å². The molecule has 0 radical (unpaired) electrons. The van der Waals surface area contributed by atoms with Gasteiger partial charge in [0.25, 0.3) is 5.91 Å². The summed E-state index contributed by atoms with van der Waals surface area (Å²) in [6.07, 6.45) is 0. The van der Waals surface area contributed by atoms with Gasteiger partial charge >= 0.3 is 0 Å². The van der Waals surface area contributed by atoms with Gasteiger partial charge in [-0.25, -0.2) is 0 Å². The van der Waals surface area contributed by atoms with Gasteiger partial charge in [0.2, 0.25) is 0 Å². The monoisotopic (exact) mass is 288 g/mol. The van der Waals surface area contributed by atoms with Crippen molar-refractivity contribution in [3.63, 3.8) is 0 Å². The van der Waals surface area contributed by atoms with Crippen molar-refractivity contribution in [2.75, 3.05) is 19.4 Å². The van der Waals surface area contributed by atoms with Crippen LogP contribution in [0.15, 0.2) is 48.5 Å². The van der Waals surface area contributed by atoms with Gasteiger partial charge in [0, 0.05) is 36.9 Å².